The molecule has 0 saturated heterocycles. The molecule has 1 aromatic carbocycles. The number of halogens is 4. The number of aromatic nitrogens is 1. The molecule has 2 rings (SSSR count). The molecule has 0 atom stereocenters. The van der Waals surface area contributed by atoms with Crippen LogP contribution in [0.3, 0.4) is 0 Å². The van der Waals surface area contributed by atoms with Gasteiger partial charge in [0.1, 0.15) is 11.5 Å². The van der Waals surface area contributed by atoms with Gasteiger partial charge in [0, 0.05) is 18.8 Å². The second-order valence-corrected chi connectivity index (χ2v) is 4.41. The molecular weight excluding hydrogens is 293 g/mol. The van der Waals surface area contributed by atoms with Gasteiger partial charge in [0.15, 0.2) is 0 Å². The Labute approximate surface area is 118 Å². The van der Waals surface area contributed by atoms with Gasteiger partial charge in [0.2, 0.25) is 0 Å². The van der Waals surface area contributed by atoms with E-state index in [2.05, 4.69) is 4.98 Å². The lowest BCUT2D eigenvalue weighted by atomic mass is 10.1. The Kier molecular flexibility index (Phi) is 4.15. The van der Waals surface area contributed by atoms with Crippen LogP contribution >= 0.6 is 11.6 Å². The van der Waals surface area contributed by atoms with Gasteiger partial charge in [0.25, 0.3) is 0 Å². The van der Waals surface area contributed by atoms with Crippen LogP contribution in [0.25, 0.3) is 0 Å². The van der Waals surface area contributed by atoms with Crippen molar-refractivity contribution in [3.8, 4) is 11.5 Å². The third-order valence-electron chi connectivity index (χ3n) is 2.49. The van der Waals surface area contributed by atoms with Gasteiger partial charge >= 0.3 is 6.18 Å². The van der Waals surface area contributed by atoms with E-state index in [9.17, 15) is 13.2 Å². The fourth-order valence-electron chi connectivity index (χ4n) is 1.59. The van der Waals surface area contributed by atoms with Gasteiger partial charge in [-0.15, -0.1) is 0 Å². The maximum absolute atomic E-state index is 13.0. The summed E-state index contributed by atoms with van der Waals surface area (Å²) in [5.41, 5.74) is 4.83. The topological polar surface area (TPSA) is 48.1 Å². The number of hydrogen-bond acceptors (Lipinski definition) is 3. The number of ether oxygens (including phenoxy) is 1. The minimum absolute atomic E-state index is 0.0160. The monoisotopic (exact) mass is 302 g/mol. The predicted octanol–water partition coefficient (Wildman–Crippen LogP) is 4.00. The normalized spacial score (nSPS) is 11.4. The van der Waals surface area contributed by atoms with Crippen molar-refractivity contribution >= 4 is 11.6 Å². The number of nitrogens with two attached hydrogens (primary N) is 1. The molecule has 0 unspecified atom stereocenters. The number of nitrogens with zero attached hydrogens (tertiary/aromatic N) is 1. The van der Waals surface area contributed by atoms with Crippen molar-refractivity contribution in [2.45, 2.75) is 12.7 Å². The summed E-state index contributed by atoms with van der Waals surface area (Å²) < 4.78 is 44.2. The SMILES string of the molecule is NCc1ccc(Oc2cncc(Cl)c2)c(C(F)(F)F)c1. The van der Waals surface area contributed by atoms with E-state index in [0.29, 0.717) is 5.56 Å². The summed E-state index contributed by atoms with van der Waals surface area (Å²) in [6.45, 7) is 0.0160. The van der Waals surface area contributed by atoms with E-state index < -0.39 is 11.7 Å². The van der Waals surface area contributed by atoms with Crippen molar-refractivity contribution in [1.29, 1.82) is 0 Å². The maximum atomic E-state index is 13.0. The number of benzene rings is 1. The molecule has 20 heavy (non-hydrogen) atoms. The van der Waals surface area contributed by atoms with Crippen LogP contribution in [0.2, 0.25) is 5.02 Å². The summed E-state index contributed by atoms with van der Waals surface area (Å²) in [4.78, 5) is 3.75. The average molecular weight is 303 g/mol. The zero-order valence-corrected chi connectivity index (χ0v) is 10.9. The molecule has 0 radical (unpaired) electrons. The van der Waals surface area contributed by atoms with Crippen molar-refractivity contribution in [3.63, 3.8) is 0 Å². The van der Waals surface area contributed by atoms with Gasteiger partial charge in [0.05, 0.1) is 16.8 Å². The van der Waals surface area contributed by atoms with Crippen molar-refractivity contribution in [1.82, 2.24) is 4.98 Å². The quantitative estimate of drug-likeness (QED) is 0.932. The molecule has 0 aliphatic rings. The van der Waals surface area contributed by atoms with Gasteiger partial charge < -0.3 is 10.5 Å². The minimum Gasteiger partial charge on any atom is -0.455 e. The third kappa shape index (κ3) is 3.40. The summed E-state index contributed by atoms with van der Waals surface area (Å²) in [7, 11) is 0. The Morgan fingerprint density at radius 1 is 1.20 bits per heavy atom. The van der Waals surface area contributed by atoms with Gasteiger partial charge in [-0.1, -0.05) is 17.7 Å². The van der Waals surface area contributed by atoms with Crippen LogP contribution in [0.5, 0.6) is 11.5 Å². The van der Waals surface area contributed by atoms with E-state index in [1.165, 1.54) is 30.6 Å². The van der Waals surface area contributed by atoms with Crippen LogP contribution in [-0.2, 0) is 12.7 Å². The highest BCUT2D eigenvalue weighted by atomic mass is 35.5. The zero-order chi connectivity index (χ0) is 14.8. The zero-order valence-electron chi connectivity index (χ0n) is 10.1. The molecule has 0 amide bonds. The lowest BCUT2D eigenvalue weighted by molar-refractivity contribution is -0.138. The van der Waals surface area contributed by atoms with Crippen LogP contribution < -0.4 is 10.5 Å². The minimum atomic E-state index is -4.54. The Balaban J connectivity index is 2.41. The fourth-order valence-corrected chi connectivity index (χ4v) is 1.75. The van der Waals surface area contributed by atoms with Crippen LogP contribution in [0.1, 0.15) is 11.1 Å². The second-order valence-electron chi connectivity index (χ2n) is 3.97. The fraction of sp³-hybridized carbons (Fsp3) is 0.154. The number of pyridine rings is 1. The van der Waals surface area contributed by atoms with Crippen molar-refractivity contribution in [3.05, 3.63) is 52.8 Å². The molecule has 1 heterocycles. The molecule has 0 aliphatic carbocycles. The smallest absolute Gasteiger partial charge is 0.419 e. The first kappa shape index (κ1) is 14.6. The molecule has 0 spiro atoms. The second kappa shape index (κ2) is 5.68. The van der Waals surface area contributed by atoms with Crippen LogP contribution in [0.15, 0.2) is 36.7 Å². The summed E-state index contributed by atoms with van der Waals surface area (Å²) in [5.74, 6) is -0.192. The third-order valence-corrected chi connectivity index (χ3v) is 2.70. The van der Waals surface area contributed by atoms with E-state index in [-0.39, 0.29) is 23.1 Å². The Morgan fingerprint density at radius 3 is 2.55 bits per heavy atom. The number of hydrogen-bond donors (Lipinski definition) is 1. The highest BCUT2D eigenvalue weighted by Gasteiger charge is 2.34. The van der Waals surface area contributed by atoms with Crippen LogP contribution in [-0.4, -0.2) is 4.98 Å². The molecule has 1 aromatic heterocycles. The Bertz CT molecular complexity index is 617. The highest BCUT2D eigenvalue weighted by Crippen LogP contribution is 2.38. The van der Waals surface area contributed by atoms with Crippen LogP contribution in [0.4, 0.5) is 13.2 Å². The molecule has 0 saturated carbocycles. The predicted molar refractivity (Wildman–Crippen MR) is 68.7 cm³/mol. The molecule has 0 bridgehead atoms. The standard InChI is InChI=1S/C13H10ClF3N2O/c14-9-4-10(7-19-6-9)20-12-2-1-8(5-18)3-11(12)13(15,16)17/h1-4,6-7H,5,18H2. The maximum Gasteiger partial charge on any atom is 0.419 e. The van der Waals surface area contributed by atoms with E-state index >= 15 is 0 Å². The Hall–Kier alpha value is -1.79. The summed E-state index contributed by atoms with van der Waals surface area (Å²) >= 11 is 5.71. The summed E-state index contributed by atoms with van der Waals surface area (Å²) in [6, 6.07) is 5.05. The van der Waals surface area contributed by atoms with Gasteiger partial charge in [-0.3, -0.25) is 4.98 Å². The van der Waals surface area contributed by atoms with Gasteiger partial charge in [-0.2, -0.15) is 13.2 Å². The van der Waals surface area contributed by atoms with E-state index in [4.69, 9.17) is 22.1 Å². The molecular formula is C13H10ClF3N2O. The summed E-state index contributed by atoms with van der Waals surface area (Å²) in [5, 5.41) is 0.273. The lowest BCUT2D eigenvalue weighted by Crippen LogP contribution is -2.09. The molecule has 106 valence electrons. The molecule has 7 heteroatoms. The van der Waals surface area contributed by atoms with Crippen molar-refractivity contribution in [2.75, 3.05) is 0 Å². The number of rotatable bonds is 3. The van der Waals surface area contributed by atoms with E-state index in [1.807, 2.05) is 0 Å². The first-order chi connectivity index (χ1) is 9.40. The van der Waals surface area contributed by atoms with Gasteiger partial charge in [-0.05, 0) is 17.7 Å². The lowest BCUT2D eigenvalue weighted by Gasteiger charge is -2.14. The van der Waals surface area contributed by atoms with Gasteiger partial charge in [-0.25, -0.2) is 0 Å². The molecule has 0 aliphatic heterocycles. The first-order valence-electron chi connectivity index (χ1n) is 5.59. The summed E-state index contributed by atoms with van der Waals surface area (Å²) in [6.07, 6.45) is -1.90. The number of alkyl halides is 3. The first-order valence-corrected chi connectivity index (χ1v) is 5.96. The van der Waals surface area contributed by atoms with Crippen molar-refractivity contribution in [2.24, 2.45) is 5.73 Å². The molecule has 3 nitrogen and oxygen atoms in total. The van der Waals surface area contributed by atoms with E-state index in [1.54, 1.807) is 0 Å². The van der Waals surface area contributed by atoms with E-state index in [0.717, 1.165) is 6.07 Å². The highest BCUT2D eigenvalue weighted by molar-refractivity contribution is 6.30. The molecule has 0 fully saturated rings. The van der Waals surface area contributed by atoms with Crippen molar-refractivity contribution < 1.29 is 17.9 Å². The Morgan fingerprint density at radius 2 is 1.95 bits per heavy atom. The van der Waals surface area contributed by atoms with Crippen LogP contribution in [0, 0.1) is 0 Å². The largest absolute Gasteiger partial charge is 0.455 e. The molecule has 2 aromatic rings. The average Bonchev–Trinajstić information content (AvgIpc) is 2.38. The molecule has 2 N–H and O–H groups in total.